The average Bonchev–Trinajstić information content (AvgIpc) is 2.73. The first kappa shape index (κ1) is 15.4. The van der Waals surface area contributed by atoms with Gasteiger partial charge in [0.15, 0.2) is 0 Å². The highest BCUT2D eigenvalue weighted by Gasteiger charge is 2.27. The van der Waals surface area contributed by atoms with Crippen molar-refractivity contribution in [1.82, 2.24) is 14.9 Å². The number of carbonyl (C=O) groups is 2. The summed E-state index contributed by atoms with van der Waals surface area (Å²) in [6.07, 6.45) is 0. The Kier molecular flexibility index (Phi) is 4.88. The average molecular weight is 310 g/mol. The molecular formula is C7H10N4O6S2. The van der Waals surface area contributed by atoms with Crippen LogP contribution in [0.2, 0.25) is 0 Å². The number of aliphatic carboxylic acids is 1. The molecule has 0 radical (unpaired) electrons. The van der Waals surface area contributed by atoms with Gasteiger partial charge in [-0.3, -0.25) is 9.59 Å². The lowest BCUT2D eigenvalue weighted by Gasteiger charge is -2.09. The summed E-state index contributed by atoms with van der Waals surface area (Å²) < 4.78 is 24.7. The Morgan fingerprint density at radius 2 is 2.05 bits per heavy atom. The number of amides is 1. The number of carboxylic acids is 1. The molecule has 0 spiro atoms. The third kappa shape index (κ3) is 4.20. The van der Waals surface area contributed by atoms with Gasteiger partial charge in [-0.25, -0.2) is 8.42 Å². The van der Waals surface area contributed by atoms with Crippen LogP contribution < -0.4 is 10.0 Å². The van der Waals surface area contributed by atoms with Gasteiger partial charge in [0.25, 0.3) is 10.0 Å². The SMILES string of the molecule is CC(=O)Nc1nnc(S(=O)(=O)N[C@H](CO)C(=O)O)s1. The maximum atomic E-state index is 11.7. The molecule has 12 heteroatoms. The molecular weight excluding hydrogens is 300 g/mol. The number of nitrogens with one attached hydrogen (secondary N) is 2. The van der Waals surface area contributed by atoms with E-state index in [1.807, 2.05) is 0 Å². The van der Waals surface area contributed by atoms with E-state index in [-0.39, 0.29) is 5.13 Å². The zero-order valence-electron chi connectivity index (χ0n) is 9.52. The fraction of sp³-hybridized carbons (Fsp3) is 0.429. The Hall–Kier alpha value is -1.63. The van der Waals surface area contributed by atoms with Gasteiger partial charge < -0.3 is 15.5 Å². The Labute approximate surface area is 111 Å². The Bertz CT molecular complexity index is 582. The molecule has 19 heavy (non-hydrogen) atoms. The monoisotopic (exact) mass is 310 g/mol. The molecule has 1 rings (SSSR count). The summed E-state index contributed by atoms with van der Waals surface area (Å²) in [5, 5.41) is 26.3. The number of hydrogen-bond acceptors (Lipinski definition) is 8. The summed E-state index contributed by atoms with van der Waals surface area (Å²) in [5.41, 5.74) is 0. The third-order valence-electron chi connectivity index (χ3n) is 1.70. The van der Waals surface area contributed by atoms with Gasteiger partial charge in [0, 0.05) is 6.92 Å². The van der Waals surface area contributed by atoms with Crippen molar-refractivity contribution >= 4 is 38.4 Å². The van der Waals surface area contributed by atoms with Gasteiger partial charge in [-0.05, 0) is 0 Å². The topological polar surface area (TPSA) is 159 Å². The summed E-state index contributed by atoms with van der Waals surface area (Å²) in [6.45, 7) is 0.298. The van der Waals surface area contributed by atoms with Crippen molar-refractivity contribution in [3.05, 3.63) is 0 Å². The molecule has 0 saturated heterocycles. The smallest absolute Gasteiger partial charge is 0.324 e. The predicted molar refractivity (Wildman–Crippen MR) is 63.0 cm³/mol. The van der Waals surface area contributed by atoms with E-state index in [1.54, 1.807) is 4.72 Å². The molecule has 10 nitrogen and oxygen atoms in total. The van der Waals surface area contributed by atoms with Crippen molar-refractivity contribution in [2.75, 3.05) is 11.9 Å². The molecule has 0 aliphatic carbocycles. The van der Waals surface area contributed by atoms with Gasteiger partial charge in [-0.15, -0.1) is 10.2 Å². The highest BCUT2D eigenvalue weighted by Crippen LogP contribution is 2.19. The largest absolute Gasteiger partial charge is 0.480 e. The zero-order chi connectivity index (χ0) is 14.6. The number of aliphatic hydroxyl groups excluding tert-OH is 1. The van der Waals surface area contributed by atoms with E-state index in [4.69, 9.17) is 10.2 Å². The zero-order valence-corrected chi connectivity index (χ0v) is 11.2. The fourth-order valence-electron chi connectivity index (χ4n) is 0.923. The minimum absolute atomic E-state index is 0.0382. The summed E-state index contributed by atoms with van der Waals surface area (Å²) in [7, 11) is -4.23. The molecule has 0 unspecified atom stereocenters. The Morgan fingerprint density at radius 1 is 1.42 bits per heavy atom. The van der Waals surface area contributed by atoms with Crippen LogP contribution in [0.5, 0.6) is 0 Å². The summed E-state index contributed by atoms with van der Waals surface area (Å²) in [5.74, 6) is -1.98. The van der Waals surface area contributed by atoms with Crippen LogP contribution in [0.15, 0.2) is 4.34 Å². The van der Waals surface area contributed by atoms with Gasteiger partial charge in [0.2, 0.25) is 15.4 Å². The van der Waals surface area contributed by atoms with Gasteiger partial charge in [-0.1, -0.05) is 11.3 Å². The number of carbonyl (C=O) groups excluding carboxylic acids is 1. The van der Waals surface area contributed by atoms with Crippen LogP contribution in [-0.2, 0) is 19.6 Å². The van der Waals surface area contributed by atoms with Crippen LogP contribution in [0.25, 0.3) is 0 Å². The second-order valence-corrected chi connectivity index (χ2v) is 6.11. The molecule has 1 aromatic heterocycles. The first-order valence-electron chi connectivity index (χ1n) is 4.73. The highest BCUT2D eigenvalue weighted by molar-refractivity contribution is 7.91. The van der Waals surface area contributed by atoms with E-state index < -0.39 is 38.9 Å². The maximum absolute atomic E-state index is 11.7. The van der Waals surface area contributed by atoms with E-state index in [0.29, 0.717) is 11.3 Å². The lowest BCUT2D eigenvalue weighted by atomic mass is 10.3. The molecule has 0 aliphatic rings. The molecule has 0 saturated carbocycles. The molecule has 0 aliphatic heterocycles. The summed E-state index contributed by atoms with van der Waals surface area (Å²) in [6, 6.07) is -1.68. The van der Waals surface area contributed by atoms with Crippen LogP contribution in [-0.4, -0.2) is 53.4 Å². The van der Waals surface area contributed by atoms with Crippen LogP contribution >= 0.6 is 11.3 Å². The van der Waals surface area contributed by atoms with Crippen molar-refractivity contribution in [2.45, 2.75) is 17.3 Å². The molecule has 106 valence electrons. The van der Waals surface area contributed by atoms with E-state index in [2.05, 4.69) is 15.5 Å². The molecule has 4 N–H and O–H groups in total. The number of aliphatic hydroxyl groups is 1. The number of sulfonamides is 1. The second kappa shape index (κ2) is 6.01. The molecule has 0 aromatic carbocycles. The normalized spacial score (nSPS) is 12.9. The van der Waals surface area contributed by atoms with Crippen LogP contribution in [0, 0.1) is 0 Å². The first-order valence-corrected chi connectivity index (χ1v) is 7.03. The van der Waals surface area contributed by atoms with Crippen LogP contribution in [0.4, 0.5) is 5.13 Å². The molecule has 1 amide bonds. The highest BCUT2D eigenvalue weighted by atomic mass is 32.2. The number of hydrogen-bond donors (Lipinski definition) is 4. The number of carboxylic acid groups (broad SMARTS) is 1. The van der Waals surface area contributed by atoms with Gasteiger partial charge in [0.05, 0.1) is 6.61 Å². The number of nitrogens with zero attached hydrogens (tertiary/aromatic N) is 2. The van der Waals surface area contributed by atoms with E-state index >= 15 is 0 Å². The molecule has 1 atom stereocenters. The summed E-state index contributed by atoms with van der Waals surface area (Å²) >= 11 is 0.553. The van der Waals surface area contributed by atoms with E-state index in [1.165, 1.54) is 6.92 Å². The number of aromatic nitrogens is 2. The first-order chi connectivity index (χ1) is 8.76. The van der Waals surface area contributed by atoms with Crippen molar-refractivity contribution in [2.24, 2.45) is 0 Å². The molecule has 1 aromatic rings. The van der Waals surface area contributed by atoms with Crippen LogP contribution in [0.1, 0.15) is 6.92 Å². The minimum atomic E-state index is -4.23. The Balaban J connectivity index is 2.91. The quantitative estimate of drug-likeness (QED) is 0.449. The summed E-state index contributed by atoms with van der Waals surface area (Å²) in [4.78, 5) is 21.4. The van der Waals surface area contributed by atoms with Gasteiger partial charge in [0.1, 0.15) is 6.04 Å². The van der Waals surface area contributed by atoms with Crippen LogP contribution in [0.3, 0.4) is 0 Å². The van der Waals surface area contributed by atoms with Gasteiger partial charge in [-0.2, -0.15) is 4.72 Å². The number of anilines is 1. The van der Waals surface area contributed by atoms with Crippen molar-refractivity contribution in [1.29, 1.82) is 0 Å². The third-order valence-corrected chi connectivity index (χ3v) is 4.38. The predicted octanol–water partition coefficient (Wildman–Crippen LogP) is -1.78. The lowest BCUT2D eigenvalue weighted by Crippen LogP contribution is -2.43. The lowest BCUT2D eigenvalue weighted by molar-refractivity contribution is -0.139. The fourth-order valence-corrected chi connectivity index (χ4v) is 3.07. The number of rotatable bonds is 6. The van der Waals surface area contributed by atoms with Gasteiger partial charge >= 0.3 is 5.97 Å². The maximum Gasteiger partial charge on any atom is 0.324 e. The van der Waals surface area contributed by atoms with E-state index in [0.717, 1.165) is 0 Å². The van der Waals surface area contributed by atoms with E-state index in [9.17, 15) is 18.0 Å². The Morgan fingerprint density at radius 3 is 2.53 bits per heavy atom. The minimum Gasteiger partial charge on any atom is -0.480 e. The second-order valence-electron chi connectivity index (χ2n) is 3.25. The van der Waals surface area contributed by atoms with Crippen molar-refractivity contribution in [3.63, 3.8) is 0 Å². The molecule has 1 heterocycles. The van der Waals surface area contributed by atoms with Crippen molar-refractivity contribution < 1.29 is 28.2 Å². The molecule has 0 fully saturated rings. The standard InChI is InChI=1S/C7H10N4O6S2/c1-3(13)8-6-9-10-7(18-6)19(16,17)11-4(2-12)5(14)15/h4,11-12H,2H2,1H3,(H,14,15)(H,8,9,13)/t4-/m1/s1. The van der Waals surface area contributed by atoms with Crippen molar-refractivity contribution in [3.8, 4) is 0 Å². The molecule has 0 bridgehead atoms.